The predicted molar refractivity (Wildman–Crippen MR) is 74.6 cm³/mol. The zero-order valence-corrected chi connectivity index (χ0v) is 10.9. The normalized spacial score (nSPS) is 10.4. The molecule has 0 saturated heterocycles. The molecule has 94 valence electrons. The maximum atomic E-state index is 5.87. The van der Waals surface area contributed by atoms with Gasteiger partial charge in [-0.3, -0.25) is 0 Å². The molecule has 0 heterocycles. The summed E-state index contributed by atoms with van der Waals surface area (Å²) >= 11 is 0. The minimum Gasteiger partial charge on any atom is -0.489 e. The van der Waals surface area contributed by atoms with Crippen LogP contribution in [0.3, 0.4) is 0 Å². The summed E-state index contributed by atoms with van der Waals surface area (Å²) in [4.78, 5) is 0. The van der Waals surface area contributed by atoms with Crippen LogP contribution < -0.4 is 10.5 Å². The molecule has 0 aliphatic heterocycles. The Morgan fingerprint density at radius 1 is 1.00 bits per heavy atom. The van der Waals surface area contributed by atoms with Crippen molar-refractivity contribution in [3.05, 3.63) is 64.7 Å². The van der Waals surface area contributed by atoms with Gasteiger partial charge in [-0.25, -0.2) is 0 Å². The molecule has 2 N–H and O–H groups in total. The Bertz CT molecular complexity index is 534. The van der Waals surface area contributed by atoms with Gasteiger partial charge in [-0.1, -0.05) is 42.0 Å². The van der Waals surface area contributed by atoms with Gasteiger partial charge < -0.3 is 10.5 Å². The van der Waals surface area contributed by atoms with Gasteiger partial charge in [-0.05, 0) is 31.0 Å². The van der Waals surface area contributed by atoms with Crippen LogP contribution in [0, 0.1) is 13.8 Å². The molecule has 0 spiro atoms. The quantitative estimate of drug-likeness (QED) is 0.891. The molecule has 0 unspecified atom stereocenters. The van der Waals surface area contributed by atoms with Crippen molar-refractivity contribution in [2.24, 2.45) is 5.73 Å². The third kappa shape index (κ3) is 2.90. The highest BCUT2D eigenvalue weighted by atomic mass is 16.5. The van der Waals surface area contributed by atoms with Gasteiger partial charge in [0, 0.05) is 12.1 Å². The van der Waals surface area contributed by atoms with Gasteiger partial charge in [0.1, 0.15) is 12.4 Å². The van der Waals surface area contributed by atoms with Crippen molar-refractivity contribution in [1.29, 1.82) is 0 Å². The lowest BCUT2D eigenvalue weighted by Crippen LogP contribution is -2.03. The number of ether oxygens (including phenoxy) is 1. The van der Waals surface area contributed by atoms with Crippen molar-refractivity contribution < 1.29 is 4.74 Å². The lowest BCUT2D eigenvalue weighted by Gasteiger charge is -2.12. The molecule has 0 aliphatic carbocycles. The minimum absolute atomic E-state index is 0.505. The molecular weight excluding hydrogens is 222 g/mol. The second-order valence-electron chi connectivity index (χ2n) is 4.53. The number of rotatable bonds is 4. The van der Waals surface area contributed by atoms with Crippen molar-refractivity contribution in [3.63, 3.8) is 0 Å². The molecule has 2 aromatic carbocycles. The largest absolute Gasteiger partial charge is 0.489 e. The van der Waals surface area contributed by atoms with E-state index in [1.807, 2.05) is 24.3 Å². The molecule has 2 rings (SSSR count). The number of nitrogens with two attached hydrogens (primary N) is 1. The van der Waals surface area contributed by atoms with Crippen molar-refractivity contribution in [1.82, 2.24) is 0 Å². The molecular formula is C16H19NO. The van der Waals surface area contributed by atoms with E-state index >= 15 is 0 Å². The maximum Gasteiger partial charge on any atom is 0.124 e. The van der Waals surface area contributed by atoms with Gasteiger partial charge in [-0.15, -0.1) is 0 Å². The first-order valence-corrected chi connectivity index (χ1v) is 6.17. The lowest BCUT2D eigenvalue weighted by molar-refractivity contribution is 0.302. The summed E-state index contributed by atoms with van der Waals surface area (Å²) in [5.41, 5.74) is 10.5. The topological polar surface area (TPSA) is 35.2 Å². The van der Waals surface area contributed by atoms with Gasteiger partial charge >= 0.3 is 0 Å². The van der Waals surface area contributed by atoms with Crippen LogP contribution in [0.5, 0.6) is 5.75 Å². The molecule has 0 radical (unpaired) electrons. The Morgan fingerprint density at radius 3 is 2.50 bits per heavy atom. The van der Waals surface area contributed by atoms with E-state index in [-0.39, 0.29) is 0 Å². The Morgan fingerprint density at radius 2 is 1.78 bits per heavy atom. The van der Waals surface area contributed by atoms with E-state index in [0.717, 1.165) is 11.3 Å². The third-order valence-electron chi connectivity index (χ3n) is 3.08. The second-order valence-corrected chi connectivity index (χ2v) is 4.53. The van der Waals surface area contributed by atoms with Crippen LogP contribution in [-0.4, -0.2) is 0 Å². The molecule has 0 amide bonds. The highest BCUT2D eigenvalue weighted by Gasteiger charge is 2.04. The Balaban J connectivity index is 2.13. The fourth-order valence-electron chi connectivity index (χ4n) is 1.94. The monoisotopic (exact) mass is 241 g/mol. The SMILES string of the molecule is Cc1ccc(OCc2ccccc2C)c(CN)c1. The molecule has 0 fully saturated rings. The van der Waals surface area contributed by atoms with Crippen LogP contribution in [0.15, 0.2) is 42.5 Å². The molecule has 0 atom stereocenters. The van der Waals surface area contributed by atoms with Crippen LogP contribution in [0.4, 0.5) is 0 Å². The van der Waals surface area contributed by atoms with E-state index < -0.39 is 0 Å². The van der Waals surface area contributed by atoms with Crippen molar-refractivity contribution in [2.45, 2.75) is 27.0 Å². The van der Waals surface area contributed by atoms with E-state index in [1.54, 1.807) is 0 Å². The average Bonchev–Trinajstić information content (AvgIpc) is 2.39. The predicted octanol–water partition coefficient (Wildman–Crippen LogP) is 3.34. The summed E-state index contributed by atoms with van der Waals surface area (Å²) in [7, 11) is 0. The first-order chi connectivity index (χ1) is 8.70. The standard InChI is InChI=1S/C16H19NO/c1-12-7-8-16(15(9-12)10-17)18-11-14-6-4-3-5-13(14)2/h3-9H,10-11,17H2,1-2H3. The number of aryl methyl sites for hydroxylation is 2. The summed E-state index contributed by atoms with van der Waals surface area (Å²) in [6, 6.07) is 14.4. The fourth-order valence-corrected chi connectivity index (χ4v) is 1.94. The smallest absolute Gasteiger partial charge is 0.124 e. The van der Waals surface area contributed by atoms with Crippen LogP contribution in [-0.2, 0) is 13.2 Å². The van der Waals surface area contributed by atoms with Crippen LogP contribution >= 0.6 is 0 Å². The second kappa shape index (κ2) is 5.69. The Hall–Kier alpha value is -1.80. The van der Waals surface area contributed by atoms with Gasteiger partial charge in [0.25, 0.3) is 0 Å². The van der Waals surface area contributed by atoms with E-state index in [9.17, 15) is 0 Å². The summed E-state index contributed by atoms with van der Waals surface area (Å²) in [5, 5.41) is 0. The third-order valence-corrected chi connectivity index (χ3v) is 3.08. The Kier molecular flexibility index (Phi) is 4.00. The van der Waals surface area contributed by atoms with Crippen LogP contribution in [0.2, 0.25) is 0 Å². The first-order valence-electron chi connectivity index (χ1n) is 6.17. The lowest BCUT2D eigenvalue weighted by atomic mass is 10.1. The molecule has 2 heteroatoms. The molecule has 0 bridgehead atoms. The zero-order chi connectivity index (χ0) is 13.0. The summed E-state index contributed by atoms with van der Waals surface area (Å²) < 4.78 is 5.87. The van der Waals surface area contributed by atoms with Gasteiger partial charge in [0.15, 0.2) is 0 Å². The summed E-state index contributed by atoms with van der Waals surface area (Å²) in [6.07, 6.45) is 0. The molecule has 0 aromatic heterocycles. The molecule has 0 aliphatic rings. The highest BCUT2D eigenvalue weighted by molar-refractivity contribution is 5.37. The van der Waals surface area contributed by atoms with Gasteiger partial charge in [0.05, 0.1) is 0 Å². The van der Waals surface area contributed by atoms with Gasteiger partial charge in [0.2, 0.25) is 0 Å². The van der Waals surface area contributed by atoms with Crippen LogP contribution in [0.1, 0.15) is 22.3 Å². The van der Waals surface area contributed by atoms with Crippen LogP contribution in [0.25, 0.3) is 0 Å². The fraction of sp³-hybridized carbons (Fsp3) is 0.250. The summed E-state index contributed by atoms with van der Waals surface area (Å²) in [6.45, 7) is 5.25. The number of hydrogen-bond donors (Lipinski definition) is 1. The Labute approximate surface area is 108 Å². The van der Waals surface area contributed by atoms with E-state index in [4.69, 9.17) is 10.5 Å². The van der Waals surface area contributed by atoms with E-state index in [0.29, 0.717) is 13.2 Å². The molecule has 2 nitrogen and oxygen atoms in total. The highest BCUT2D eigenvalue weighted by Crippen LogP contribution is 2.21. The van der Waals surface area contributed by atoms with Crippen molar-refractivity contribution in [2.75, 3.05) is 0 Å². The van der Waals surface area contributed by atoms with E-state index in [2.05, 4.69) is 32.0 Å². The molecule has 18 heavy (non-hydrogen) atoms. The number of hydrogen-bond acceptors (Lipinski definition) is 2. The van der Waals surface area contributed by atoms with Crippen molar-refractivity contribution in [3.8, 4) is 5.75 Å². The zero-order valence-electron chi connectivity index (χ0n) is 10.9. The molecule has 0 saturated carbocycles. The average molecular weight is 241 g/mol. The first kappa shape index (κ1) is 12.7. The van der Waals surface area contributed by atoms with E-state index in [1.165, 1.54) is 16.7 Å². The molecule has 2 aromatic rings. The van der Waals surface area contributed by atoms with Crippen molar-refractivity contribution >= 4 is 0 Å². The summed E-state index contributed by atoms with van der Waals surface area (Å²) in [5.74, 6) is 0.881. The number of benzene rings is 2. The van der Waals surface area contributed by atoms with Gasteiger partial charge in [-0.2, -0.15) is 0 Å². The minimum atomic E-state index is 0.505. The maximum absolute atomic E-state index is 5.87.